The van der Waals surface area contributed by atoms with E-state index in [0.29, 0.717) is 22.3 Å². The Bertz CT molecular complexity index is 926. The molecule has 0 N–H and O–H groups in total. The first-order valence-electron chi connectivity index (χ1n) is 8.15. The minimum Gasteiger partial charge on any atom is -0.308 e. The number of carbonyl (C=O) groups is 1. The number of para-hydroxylation sites is 1. The molecule has 0 radical (unpaired) electrons. The van der Waals surface area contributed by atoms with Crippen molar-refractivity contribution in [2.75, 3.05) is 38.3 Å². The van der Waals surface area contributed by atoms with Gasteiger partial charge >= 0.3 is 0 Å². The van der Waals surface area contributed by atoms with E-state index in [-0.39, 0.29) is 5.91 Å². The van der Waals surface area contributed by atoms with Gasteiger partial charge in [-0.2, -0.15) is 0 Å². The summed E-state index contributed by atoms with van der Waals surface area (Å²) in [6, 6.07) is 13.4. The maximum atomic E-state index is 13.2. The van der Waals surface area contributed by atoms with Gasteiger partial charge in [-0.1, -0.05) is 35.1 Å². The lowest BCUT2D eigenvalue weighted by molar-refractivity contribution is 0.0985. The number of halogens is 1. The lowest BCUT2D eigenvalue weighted by Crippen LogP contribution is -2.36. The summed E-state index contributed by atoms with van der Waals surface area (Å²) >= 11 is 9.38. The van der Waals surface area contributed by atoms with Gasteiger partial charge < -0.3 is 4.90 Å². The molecule has 4 nitrogen and oxygen atoms in total. The van der Waals surface area contributed by atoms with E-state index in [9.17, 15) is 4.79 Å². The summed E-state index contributed by atoms with van der Waals surface area (Å²) in [5, 5.41) is 1.28. The zero-order chi connectivity index (χ0) is 18.7. The molecule has 7 heteroatoms. The third-order valence-corrected chi connectivity index (χ3v) is 6.00. The number of thioether (sulfide) groups is 1. The van der Waals surface area contributed by atoms with Crippen molar-refractivity contribution in [3.05, 3.63) is 53.1 Å². The average Bonchev–Trinajstić information content (AvgIpc) is 3.07. The van der Waals surface area contributed by atoms with Crippen LogP contribution in [0.5, 0.6) is 0 Å². The highest BCUT2D eigenvalue weighted by Crippen LogP contribution is 2.33. The summed E-state index contributed by atoms with van der Waals surface area (Å²) in [7, 11) is 3.98. The van der Waals surface area contributed by atoms with Crippen LogP contribution in [-0.4, -0.2) is 49.2 Å². The van der Waals surface area contributed by atoms with Crippen molar-refractivity contribution in [3.8, 4) is 0 Å². The molecule has 2 aromatic carbocycles. The molecular weight excluding hydrogens is 386 g/mol. The second-order valence-electron chi connectivity index (χ2n) is 6.08. The van der Waals surface area contributed by atoms with E-state index in [1.165, 1.54) is 11.3 Å². The van der Waals surface area contributed by atoms with E-state index in [4.69, 9.17) is 11.6 Å². The highest BCUT2D eigenvalue weighted by atomic mass is 35.5. The number of amides is 1. The zero-order valence-electron chi connectivity index (χ0n) is 14.9. The van der Waals surface area contributed by atoms with Crippen LogP contribution < -0.4 is 4.90 Å². The fraction of sp³-hybridized carbons (Fsp3) is 0.263. The van der Waals surface area contributed by atoms with E-state index in [1.54, 1.807) is 16.7 Å². The molecule has 0 saturated heterocycles. The van der Waals surface area contributed by atoms with Crippen molar-refractivity contribution < 1.29 is 4.79 Å². The molecule has 26 heavy (non-hydrogen) atoms. The van der Waals surface area contributed by atoms with E-state index in [1.807, 2.05) is 62.8 Å². The maximum absolute atomic E-state index is 13.2. The van der Waals surface area contributed by atoms with Crippen LogP contribution in [0.1, 0.15) is 10.4 Å². The van der Waals surface area contributed by atoms with E-state index >= 15 is 0 Å². The number of hydrogen-bond acceptors (Lipinski definition) is 5. The van der Waals surface area contributed by atoms with Crippen LogP contribution in [0.3, 0.4) is 0 Å². The van der Waals surface area contributed by atoms with Crippen molar-refractivity contribution >= 4 is 56.0 Å². The normalized spacial score (nSPS) is 11.3. The third kappa shape index (κ3) is 4.20. The van der Waals surface area contributed by atoms with Crippen molar-refractivity contribution in [2.45, 2.75) is 4.90 Å². The van der Waals surface area contributed by atoms with Gasteiger partial charge in [-0.15, -0.1) is 11.8 Å². The second kappa shape index (κ2) is 8.39. The first kappa shape index (κ1) is 19.2. The Balaban J connectivity index is 2.00. The first-order valence-corrected chi connectivity index (χ1v) is 10.6. The highest BCUT2D eigenvalue weighted by Gasteiger charge is 2.22. The van der Waals surface area contributed by atoms with Crippen LogP contribution in [0, 0.1) is 0 Å². The highest BCUT2D eigenvalue weighted by molar-refractivity contribution is 7.98. The Morgan fingerprint density at radius 1 is 1.19 bits per heavy atom. The number of thiazole rings is 1. The van der Waals surface area contributed by atoms with Crippen LogP contribution in [0.25, 0.3) is 10.2 Å². The molecule has 1 aromatic heterocycles. The zero-order valence-corrected chi connectivity index (χ0v) is 17.3. The van der Waals surface area contributed by atoms with Gasteiger partial charge in [0, 0.05) is 23.5 Å². The molecule has 0 fully saturated rings. The number of likely N-dealkylation sites (N-methyl/N-ethyl adjacent to an activating group) is 1. The molecule has 3 aromatic rings. The van der Waals surface area contributed by atoms with Gasteiger partial charge in [-0.05, 0) is 50.7 Å². The maximum Gasteiger partial charge on any atom is 0.260 e. The van der Waals surface area contributed by atoms with Crippen LogP contribution >= 0.6 is 34.7 Å². The molecule has 0 aliphatic rings. The monoisotopic (exact) mass is 405 g/mol. The van der Waals surface area contributed by atoms with Crippen molar-refractivity contribution in [1.82, 2.24) is 9.88 Å². The van der Waals surface area contributed by atoms with Gasteiger partial charge in [0.15, 0.2) is 5.13 Å². The summed E-state index contributed by atoms with van der Waals surface area (Å²) in [6.07, 6.45) is 2.00. The van der Waals surface area contributed by atoms with E-state index < -0.39 is 0 Å². The van der Waals surface area contributed by atoms with Crippen LogP contribution in [0.15, 0.2) is 47.4 Å². The minimum absolute atomic E-state index is 0.0436. The van der Waals surface area contributed by atoms with Gasteiger partial charge in [0.1, 0.15) is 5.52 Å². The topological polar surface area (TPSA) is 36.4 Å². The molecule has 0 aliphatic heterocycles. The lowest BCUT2D eigenvalue weighted by atomic mass is 10.2. The van der Waals surface area contributed by atoms with Crippen molar-refractivity contribution in [2.24, 2.45) is 0 Å². The number of benzene rings is 2. The summed E-state index contributed by atoms with van der Waals surface area (Å²) in [5.41, 5.74) is 1.41. The Morgan fingerprint density at radius 2 is 1.96 bits per heavy atom. The van der Waals surface area contributed by atoms with Crippen LogP contribution in [0.2, 0.25) is 5.02 Å². The average molecular weight is 406 g/mol. The number of carbonyl (C=O) groups excluding carboxylic acids is 1. The first-order chi connectivity index (χ1) is 12.5. The van der Waals surface area contributed by atoms with E-state index in [0.717, 1.165) is 21.7 Å². The molecule has 1 amide bonds. The lowest BCUT2D eigenvalue weighted by Gasteiger charge is -2.22. The molecule has 0 aliphatic carbocycles. The summed E-state index contributed by atoms with van der Waals surface area (Å²) in [4.78, 5) is 22.7. The van der Waals surface area contributed by atoms with Gasteiger partial charge in [0.2, 0.25) is 0 Å². The summed E-state index contributed by atoms with van der Waals surface area (Å²) in [5.74, 6) is -0.0436. The Kier molecular flexibility index (Phi) is 6.19. The molecule has 0 atom stereocenters. The number of nitrogens with zero attached hydrogens (tertiary/aromatic N) is 3. The van der Waals surface area contributed by atoms with Gasteiger partial charge in [0.05, 0.1) is 9.72 Å². The molecule has 0 unspecified atom stereocenters. The molecule has 0 bridgehead atoms. The predicted molar refractivity (Wildman–Crippen MR) is 113 cm³/mol. The number of anilines is 1. The molecule has 3 rings (SSSR count). The van der Waals surface area contributed by atoms with Gasteiger partial charge in [0.25, 0.3) is 5.91 Å². The fourth-order valence-electron chi connectivity index (χ4n) is 2.51. The number of hydrogen-bond donors (Lipinski definition) is 0. The quantitative estimate of drug-likeness (QED) is 0.547. The van der Waals surface area contributed by atoms with Gasteiger partial charge in [-0.25, -0.2) is 4.98 Å². The molecule has 1 heterocycles. The minimum atomic E-state index is -0.0436. The Labute approximate surface area is 166 Å². The SMILES string of the molecule is CSc1cccc(C(=O)N(CCN(C)C)c2nc3c(Cl)cccc3s2)c1. The standard InChI is InChI=1S/C19H20ClN3OS2/c1-22(2)10-11-23(18(24)13-6-4-7-14(12-13)25-3)19-21-17-15(20)8-5-9-16(17)26-19/h4-9,12H,10-11H2,1-3H3. The summed E-state index contributed by atoms with van der Waals surface area (Å²) < 4.78 is 0.980. The van der Waals surface area contributed by atoms with Crippen LogP contribution in [0.4, 0.5) is 5.13 Å². The molecule has 0 spiro atoms. The Morgan fingerprint density at radius 3 is 2.65 bits per heavy atom. The van der Waals surface area contributed by atoms with Crippen LogP contribution in [-0.2, 0) is 0 Å². The number of fused-ring (bicyclic) bond motifs is 1. The number of aromatic nitrogens is 1. The second-order valence-corrected chi connectivity index (χ2v) is 8.37. The molecule has 136 valence electrons. The summed E-state index contributed by atoms with van der Waals surface area (Å²) in [6.45, 7) is 1.31. The van der Waals surface area contributed by atoms with Crippen molar-refractivity contribution in [3.63, 3.8) is 0 Å². The molecular formula is C19H20ClN3OS2. The van der Waals surface area contributed by atoms with E-state index in [2.05, 4.69) is 9.88 Å². The van der Waals surface area contributed by atoms with Gasteiger partial charge in [-0.3, -0.25) is 9.69 Å². The smallest absolute Gasteiger partial charge is 0.260 e. The third-order valence-electron chi connectivity index (χ3n) is 3.92. The van der Waals surface area contributed by atoms with Crippen molar-refractivity contribution in [1.29, 1.82) is 0 Å². The predicted octanol–water partition coefficient (Wildman–Crippen LogP) is 4.88. The number of rotatable bonds is 6. The Hall–Kier alpha value is -1.60. The largest absolute Gasteiger partial charge is 0.308 e. The fourth-order valence-corrected chi connectivity index (χ4v) is 4.26. The molecule has 0 saturated carbocycles.